The number of hydrogen-bond acceptors (Lipinski definition) is 3. The van der Waals surface area contributed by atoms with Crippen LogP contribution in [0.2, 0.25) is 0 Å². The molecule has 2 N–H and O–H groups in total. The van der Waals surface area contributed by atoms with Crippen LogP contribution in [0, 0.1) is 0 Å². The zero-order valence-electron chi connectivity index (χ0n) is 11.4. The quantitative estimate of drug-likeness (QED) is 0.776. The third-order valence-electron chi connectivity index (χ3n) is 3.03. The lowest BCUT2D eigenvalue weighted by atomic mass is 10.2. The van der Waals surface area contributed by atoms with E-state index in [9.17, 15) is 4.79 Å². The lowest BCUT2D eigenvalue weighted by Crippen LogP contribution is -2.34. The zero-order valence-corrected chi connectivity index (χ0v) is 12.2. The Kier molecular flexibility index (Phi) is 4.12. The summed E-state index contributed by atoms with van der Waals surface area (Å²) in [4.78, 5) is 16.2. The number of benzene rings is 2. The van der Waals surface area contributed by atoms with Crippen molar-refractivity contribution in [1.82, 2.24) is 15.6 Å². The molecule has 0 unspecified atom stereocenters. The second-order valence-electron chi connectivity index (χ2n) is 4.60. The van der Waals surface area contributed by atoms with E-state index in [1.54, 1.807) is 11.3 Å². The number of nitrogens with one attached hydrogen (secondary N) is 2. The highest BCUT2D eigenvalue weighted by Crippen LogP contribution is 2.21. The van der Waals surface area contributed by atoms with E-state index in [0.29, 0.717) is 13.1 Å². The molecule has 3 rings (SSSR count). The van der Waals surface area contributed by atoms with Crippen LogP contribution in [0.1, 0.15) is 10.6 Å². The minimum Gasteiger partial charge on any atom is -0.334 e. The van der Waals surface area contributed by atoms with Crippen molar-refractivity contribution >= 4 is 27.6 Å². The standard InChI is InChI=1S/C16H15N3OS/c20-16(17-10-12-6-2-1-3-7-12)18-11-15-19-13-8-4-5-9-14(13)21-15/h1-9H,10-11H2,(H2,17,18,20). The van der Waals surface area contributed by atoms with Crippen LogP contribution >= 0.6 is 11.3 Å². The van der Waals surface area contributed by atoms with Crippen LogP contribution in [-0.2, 0) is 13.1 Å². The molecule has 1 heterocycles. The number of thiazole rings is 1. The molecule has 0 fully saturated rings. The molecule has 0 aliphatic rings. The molecule has 0 saturated heterocycles. The smallest absolute Gasteiger partial charge is 0.315 e. The molecule has 0 aliphatic carbocycles. The molecule has 0 radical (unpaired) electrons. The van der Waals surface area contributed by atoms with Gasteiger partial charge >= 0.3 is 6.03 Å². The van der Waals surface area contributed by atoms with Crippen LogP contribution in [0.25, 0.3) is 10.2 Å². The van der Waals surface area contributed by atoms with Crippen molar-refractivity contribution in [3.8, 4) is 0 Å². The third-order valence-corrected chi connectivity index (χ3v) is 4.07. The Morgan fingerprint density at radius 1 is 0.952 bits per heavy atom. The average Bonchev–Trinajstić information content (AvgIpc) is 2.95. The number of para-hydroxylation sites is 1. The number of aromatic nitrogens is 1. The summed E-state index contributed by atoms with van der Waals surface area (Å²) in [5, 5.41) is 6.57. The molecule has 1 aromatic heterocycles. The van der Waals surface area contributed by atoms with E-state index >= 15 is 0 Å². The van der Waals surface area contributed by atoms with Crippen molar-refractivity contribution in [2.45, 2.75) is 13.1 Å². The van der Waals surface area contributed by atoms with Crippen molar-refractivity contribution < 1.29 is 4.79 Å². The van der Waals surface area contributed by atoms with Gasteiger partial charge in [-0.15, -0.1) is 11.3 Å². The van der Waals surface area contributed by atoms with E-state index in [2.05, 4.69) is 15.6 Å². The van der Waals surface area contributed by atoms with Crippen molar-refractivity contribution in [2.75, 3.05) is 0 Å². The molecule has 3 aromatic rings. The van der Waals surface area contributed by atoms with E-state index < -0.39 is 0 Å². The molecule has 106 valence electrons. The van der Waals surface area contributed by atoms with Gasteiger partial charge in [0.1, 0.15) is 5.01 Å². The summed E-state index contributed by atoms with van der Waals surface area (Å²) in [5.74, 6) is 0. The first-order chi connectivity index (χ1) is 10.3. The van der Waals surface area contributed by atoms with Crippen LogP contribution in [0.5, 0.6) is 0 Å². The summed E-state index contributed by atoms with van der Waals surface area (Å²) in [7, 11) is 0. The van der Waals surface area contributed by atoms with Crippen LogP contribution < -0.4 is 10.6 Å². The summed E-state index contributed by atoms with van der Waals surface area (Å²) in [6.07, 6.45) is 0. The Hall–Kier alpha value is -2.40. The number of carbonyl (C=O) groups excluding carboxylic acids is 1. The molecule has 4 nitrogen and oxygen atoms in total. The normalized spacial score (nSPS) is 10.5. The fraction of sp³-hybridized carbons (Fsp3) is 0.125. The number of nitrogens with zero attached hydrogens (tertiary/aromatic N) is 1. The van der Waals surface area contributed by atoms with Crippen molar-refractivity contribution in [3.63, 3.8) is 0 Å². The highest BCUT2D eigenvalue weighted by molar-refractivity contribution is 7.18. The van der Waals surface area contributed by atoms with Gasteiger partial charge in [-0.2, -0.15) is 0 Å². The Labute approximate surface area is 126 Å². The molecule has 0 saturated carbocycles. The molecule has 0 spiro atoms. The van der Waals surface area contributed by atoms with E-state index in [-0.39, 0.29) is 6.03 Å². The predicted octanol–water partition coefficient (Wildman–Crippen LogP) is 3.30. The maximum absolute atomic E-state index is 11.8. The van der Waals surface area contributed by atoms with Gasteiger partial charge in [0.2, 0.25) is 0 Å². The van der Waals surface area contributed by atoms with Crippen molar-refractivity contribution in [1.29, 1.82) is 0 Å². The van der Waals surface area contributed by atoms with Gasteiger partial charge in [0, 0.05) is 6.54 Å². The second kappa shape index (κ2) is 6.37. The number of amides is 2. The lowest BCUT2D eigenvalue weighted by molar-refractivity contribution is 0.240. The number of carbonyl (C=O) groups is 1. The third kappa shape index (κ3) is 3.58. The Bertz CT molecular complexity index is 706. The van der Waals surface area contributed by atoms with Gasteiger partial charge in [0.25, 0.3) is 0 Å². The number of urea groups is 1. The molecule has 2 amide bonds. The molecular weight excluding hydrogens is 282 g/mol. The molecule has 0 atom stereocenters. The van der Waals surface area contributed by atoms with Gasteiger partial charge in [-0.05, 0) is 17.7 Å². The SMILES string of the molecule is O=C(NCc1ccccc1)NCc1nc2ccccc2s1. The van der Waals surface area contributed by atoms with E-state index in [1.807, 2.05) is 54.6 Å². The Morgan fingerprint density at radius 2 is 1.67 bits per heavy atom. The molecule has 0 bridgehead atoms. The largest absolute Gasteiger partial charge is 0.334 e. The van der Waals surface area contributed by atoms with E-state index in [0.717, 1.165) is 20.8 Å². The van der Waals surface area contributed by atoms with Gasteiger partial charge in [-0.25, -0.2) is 9.78 Å². The lowest BCUT2D eigenvalue weighted by Gasteiger charge is -2.06. The Morgan fingerprint density at radius 3 is 2.48 bits per heavy atom. The van der Waals surface area contributed by atoms with Gasteiger partial charge < -0.3 is 10.6 Å². The van der Waals surface area contributed by atoms with Gasteiger partial charge in [0.05, 0.1) is 16.8 Å². The summed E-state index contributed by atoms with van der Waals surface area (Å²) >= 11 is 1.60. The molecular formula is C16H15N3OS. The van der Waals surface area contributed by atoms with Crippen molar-refractivity contribution in [3.05, 3.63) is 65.2 Å². The summed E-state index contributed by atoms with van der Waals surface area (Å²) in [5.41, 5.74) is 2.05. The minimum atomic E-state index is -0.182. The predicted molar refractivity (Wildman–Crippen MR) is 85.1 cm³/mol. The van der Waals surface area contributed by atoms with E-state index in [1.165, 1.54) is 0 Å². The second-order valence-corrected chi connectivity index (χ2v) is 5.71. The summed E-state index contributed by atoms with van der Waals surface area (Å²) in [6, 6.07) is 17.6. The minimum absolute atomic E-state index is 0.182. The maximum Gasteiger partial charge on any atom is 0.315 e. The first-order valence-corrected chi connectivity index (χ1v) is 7.53. The highest BCUT2D eigenvalue weighted by atomic mass is 32.1. The highest BCUT2D eigenvalue weighted by Gasteiger charge is 2.05. The monoisotopic (exact) mass is 297 g/mol. The first-order valence-electron chi connectivity index (χ1n) is 6.71. The number of fused-ring (bicyclic) bond motifs is 1. The summed E-state index contributed by atoms with van der Waals surface area (Å²) in [6.45, 7) is 0.965. The zero-order chi connectivity index (χ0) is 14.5. The first kappa shape index (κ1) is 13.6. The molecule has 2 aromatic carbocycles. The van der Waals surface area contributed by atoms with Crippen LogP contribution in [0.15, 0.2) is 54.6 Å². The average molecular weight is 297 g/mol. The maximum atomic E-state index is 11.8. The fourth-order valence-corrected chi connectivity index (χ4v) is 2.90. The Balaban J connectivity index is 1.51. The van der Waals surface area contributed by atoms with Crippen LogP contribution in [0.4, 0.5) is 4.79 Å². The fourth-order valence-electron chi connectivity index (χ4n) is 1.99. The molecule has 21 heavy (non-hydrogen) atoms. The van der Waals surface area contributed by atoms with Gasteiger partial charge in [-0.1, -0.05) is 42.5 Å². The van der Waals surface area contributed by atoms with Crippen molar-refractivity contribution in [2.24, 2.45) is 0 Å². The topological polar surface area (TPSA) is 54.0 Å². The van der Waals surface area contributed by atoms with E-state index in [4.69, 9.17) is 0 Å². The van der Waals surface area contributed by atoms with Gasteiger partial charge in [0.15, 0.2) is 0 Å². The van der Waals surface area contributed by atoms with Crippen LogP contribution in [0.3, 0.4) is 0 Å². The molecule has 5 heteroatoms. The number of rotatable bonds is 4. The van der Waals surface area contributed by atoms with Crippen LogP contribution in [-0.4, -0.2) is 11.0 Å². The number of hydrogen-bond donors (Lipinski definition) is 2. The molecule has 0 aliphatic heterocycles. The summed E-state index contributed by atoms with van der Waals surface area (Å²) < 4.78 is 1.14. The van der Waals surface area contributed by atoms with Gasteiger partial charge in [-0.3, -0.25) is 0 Å².